The molecule has 0 atom stereocenters. The second-order valence-corrected chi connectivity index (χ2v) is 6.83. The molecule has 134 valence electrons. The van der Waals surface area contributed by atoms with Crippen molar-refractivity contribution in [2.75, 3.05) is 18.4 Å². The maximum absolute atomic E-state index is 12.7. The molecule has 2 aromatic carbocycles. The lowest BCUT2D eigenvalue weighted by Crippen LogP contribution is -2.22. The minimum Gasteiger partial charge on any atom is -0.494 e. The molecule has 0 aromatic heterocycles. The number of anilines is 1. The van der Waals surface area contributed by atoms with Crippen molar-refractivity contribution < 1.29 is 22.8 Å². The molecule has 7 nitrogen and oxygen atoms in total. The lowest BCUT2D eigenvalue weighted by molar-refractivity contribution is 0.0537. The van der Waals surface area contributed by atoms with Gasteiger partial charge in [0.1, 0.15) is 5.75 Å². The van der Waals surface area contributed by atoms with Crippen LogP contribution in [0.3, 0.4) is 0 Å². The van der Waals surface area contributed by atoms with Gasteiger partial charge >= 0.3 is 0 Å². The number of aryl methyl sites for hydroxylation is 1. The molecule has 0 aliphatic carbocycles. The molecule has 25 heavy (non-hydrogen) atoms. The molecule has 2 N–H and O–H groups in total. The van der Waals surface area contributed by atoms with Gasteiger partial charge in [-0.05, 0) is 55.8 Å². The Morgan fingerprint density at radius 1 is 1.12 bits per heavy atom. The van der Waals surface area contributed by atoms with E-state index in [4.69, 9.17) is 4.74 Å². The highest BCUT2D eigenvalue weighted by atomic mass is 32.2. The van der Waals surface area contributed by atoms with Crippen molar-refractivity contribution in [2.45, 2.75) is 18.7 Å². The highest BCUT2D eigenvalue weighted by molar-refractivity contribution is 7.92. The highest BCUT2D eigenvalue weighted by Gasteiger charge is 2.19. The van der Waals surface area contributed by atoms with E-state index in [-0.39, 0.29) is 10.5 Å². The third kappa shape index (κ3) is 4.71. The molecule has 0 spiro atoms. The Morgan fingerprint density at radius 3 is 2.40 bits per heavy atom. The zero-order valence-electron chi connectivity index (χ0n) is 14.2. The predicted octanol–water partition coefficient (Wildman–Crippen LogP) is 2.49. The van der Waals surface area contributed by atoms with Crippen LogP contribution >= 0.6 is 0 Å². The number of ether oxygens (including phenoxy) is 1. The lowest BCUT2D eigenvalue weighted by atomic mass is 10.1. The molecule has 2 rings (SSSR count). The van der Waals surface area contributed by atoms with E-state index in [0.29, 0.717) is 23.6 Å². The van der Waals surface area contributed by atoms with Crippen LogP contribution in [0.1, 0.15) is 22.8 Å². The largest absolute Gasteiger partial charge is 0.494 e. The van der Waals surface area contributed by atoms with Gasteiger partial charge in [0.2, 0.25) is 0 Å². The zero-order chi connectivity index (χ0) is 18.4. The minimum absolute atomic E-state index is 0.0186. The van der Waals surface area contributed by atoms with Gasteiger partial charge in [0.15, 0.2) is 0 Å². The summed E-state index contributed by atoms with van der Waals surface area (Å²) in [7, 11) is -2.55. The summed E-state index contributed by atoms with van der Waals surface area (Å²) in [5.41, 5.74) is 3.26. The second kappa shape index (κ2) is 8.00. The predicted molar refractivity (Wildman–Crippen MR) is 94.1 cm³/mol. The molecule has 0 saturated heterocycles. The normalized spacial score (nSPS) is 11.0. The molecule has 0 aliphatic rings. The van der Waals surface area contributed by atoms with Gasteiger partial charge in [-0.1, -0.05) is 6.07 Å². The van der Waals surface area contributed by atoms with E-state index < -0.39 is 15.9 Å². The minimum atomic E-state index is -3.85. The number of nitrogens with one attached hydrogen (secondary N) is 2. The van der Waals surface area contributed by atoms with E-state index in [2.05, 4.69) is 15.0 Å². The smallest absolute Gasteiger partial charge is 0.274 e. The topological polar surface area (TPSA) is 93.7 Å². The highest BCUT2D eigenvalue weighted by Crippen LogP contribution is 2.22. The van der Waals surface area contributed by atoms with E-state index in [9.17, 15) is 13.2 Å². The third-order valence-electron chi connectivity index (χ3n) is 3.35. The average Bonchev–Trinajstić information content (AvgIpc) is 2.57. The number of hydrogen-bond acceptors (Lipinski definition) is 5. The van der Waals surface area contributed by atoms with Crippen LogP contribution in [0.4, 0.5) is 5.69 Å². The standard InChI is InChI=1S/C17H20N2O5S/c1-4-24-15-9-7-14(8-10-15)19-25(21,22)16-11-13(6-5-12(16)2)17(20)18-23-3/h5-11,19H,4H2,1-3H3,(H,18,20). The van der Waals surface area contributed by atoms with Gasteiger partial charge < -0.3 is 4.74 Å². The van der Waals surface area contributed by atoms with Crippen molar-refractivity contribution in [2.24, 2.45) is 0 Å². The van der Waals surface area contributed by atoms with Crippen molar-refractivity contribution in [3.63, 3.8) is 0 Å². The summed E-state index contributed by atoms with van der Waals surface area (Å²) in [4.78, 5) is 16.4. The lowest BCUT2D eigenvalue weighted by Gasteiger charge is -2.12. The summed E-state index contributed by atoms with van der Waals surface area (Å²) in [5.74, 6) is 0.125. The number of hydrogen-bond donors (Lipinski definition) is 2. The monoisotopic (exact) mass is 364 g/mol. The molecule has 8 heteroatoms. The van der Waals surface area contributed by atoms with Gasteiger partial charge in [-0.25, -0.2) is 13.9 Å². The number of amides is 1. The maximum atomic E-state index is 12.7. The Morgan fingerprint density at radius 2 is 1.80 bits per heavy atom. The quantitative estimate of drug-likeness (QED) is 0.736. The molecule has 2 aromatic rings. The maximum Gasteiger partial charge on any atom is 0.274 e. The first-order valence-electron chi connectivity index (χ1n) is 7.57. The van der Waals surface area contributed by atoms with E-state index in [1.807, 2.05) is 6.92 Å². The number of benzene rings is 2. The van der Waals surface area contributed by atoms with Gasteiger partial charge in [-0.3, -0.25) is 14.4 Å². The van der Waals surface area contributed by atoms with Gasteiger partial charge in [-0.15, -0.1) is 0 Å². The molecule has 0 aliphatic heterocycles. The first kappa shape index (κ1) is 18.8. The molecule has 1 amide bonds. The third-order valence-corrected chi connectivity index (χ3v) is 4.88. The Bertz CT molecular complexity index is 848. The van der Waals surface area contributed by atoms with Crippen LogP contribution in [0.15, 0.2) is 47.4 Å². The Balaban J connectivity index is 2.29. The fraction of sp³-hybridized carbons (Fsp3) is 0.235. The average molecular weight is 364 g/mol. The van der Waals surface area contributed by atoms with Crippen molar-refractivity contribution in [3.8, 4) is 5.75 Å². The Kier molecular flexibility index (Phi) is 6.00. The van der Waals surface area contributed by atoms with Gasteiger partial charge in [0, 0.05) is 11.3 Å². The number of hydroxylamine groups is 1. The molecular weight excluding hydrogens is 344 g/mol. The van der Waals surface area contributed by atoms with Crippen LogP contribution in [0, 0.1) is 6.92 Å². The Hall–Kier alpha value is -2.58. The molecular formula is C17H20N2O5S. The summed E-state index contributed by atoms with van der Waals surface area (Å²) in [6.07, 6.45) is 0. The van der Waals surface area contributed by atoms with E-state index in [1.165, 1.54) is 19.2 Å². The zero-order valence-corrected chi connectivity index (χ0v) is 15.0. The summed E-state index contributed by atoms with van der Waals surface area (Å²) < 4.78 is 33.1. The molecule has 0 heterocycles. The van der Waals surface area contributed by atoms with Crippen LogP contribution in [-0.2, 0) is 14.9 Å². The summed E-state index contributed by atoms with van der Waals surface area (Å²) in [6.45, 7) is 4.05. The molecule has 0 unspecified atom stereocenters. The van der Waals surface area contributed by atoms with Crippen LogP contribution in [0.25, 0.3) is 0 Å². The summed E-state index contributed by atoms with van der Waals surface area (Å²) in [5, 5.41) is 0. The molecule has 0 fully saturated rings. The van der Waals surface area contributed by atoms with E-state index in [0.717, 1.165) is 0 Å². The van der Waals surface area contributed by atoms with Crippen LogP contribution in [0.2, 0.25) is 0 Å². The van der Waals surface area contributed by atoms with E-state index in [1.54, 1.807) is 37.3 Å². The van der Waals surface area contributed by atoms with Crippen LogP contribution in [-0.4, -0.2) is 28.0 Å². The van der Waals surface area contributed by atoms with Crippen molar-refractivity contribution in [1.82, 2.24) is 5.48 Å². The van der Waals surface area contributed by atoms with Gasteiger partial charge in [0.05, 0.1) is 18.6 Å². The summed E-state index contributed by atoms with van der Waals surface area (Å²) >= 11 is 0. The number of carbonyl (C=O) groups excluding carboxylic acids is 1. The molecule has 0 bridgehead atoms. The fourth-order valence-electron chi connectivity index (χ4n) is 2.18. The SMILES string of the molecule is CCOc1ccc(NS(=O)(=O)c2cc(C(=O)NOC)ccc2C)cc1. The number of carbonyl (C=O) groups is 1. The van der Waals surface area contributed by atoms with Gasteiger partial charge in [-0.2, -0.15) is 0 Å². The van der Waals surface area contributed by atoms with Crippen molar-refractivity contribution in [1.29, 1.82) is 0 Å². The second-order valence-electron chi connectivity index (χ2n) is 5.18. The number of rotatable bonds is 7. The van der Waals surface area contributed by atoms with Crippen molar-refractivity contribution in [3.05, 3.63) is 53.6 Å². The Labute approximate surface area is 147 Å². The van der Waals surface area contributed by atoms with Crippen molar-refractivity contribution >= 4 is 21.6 Å². The fourth-order valence-corrected chi connectivity index (χ4v) is 3.51. The van der Waals surface area contributed by atoms with Crippen LogP contribution < -0.4 is 14.9 Å². The molecule has 0 radical (unpaired) electrons. The first-order valence-corrected chi connectivity index (χ1v) is 9.05. The van der Waals surface area contributed by atoms with Gasteiger partial charge in [0.25, 0.3) is 15.9 Å². The molecule has 0 saturated carbocycles. The van der Waals surface area contributed by atoms with E-state index >= 15 is 0 Å². The van der Waals surface area contributed by atoms with Crippen LogP contribution in [0.5, 0.6) is 5.75 Å². The number of sulfonamides is 1. The summed E-state index contributed by atoms with van der Waals surface area (Å²) in [6, 6.07) is 11.0. The first-order chi connectivity index (χ1) is 11.9.